The topological polar surface area (TPSA) is 47.3 Å². The Labute approximate surface area is 107 Å². The number of hydrogen-bond acceptors (Lipinski definition) is 4. The molecule has 0 saturated carbocycles. The highest BCUT2D eigenvalue weighted by Crippen LogP contribution is 2.33. The lowest BCUT2D eigenvalue weighted by molar-refractivity contribution is 0.411. The van der Waals surface area contributed by atoms with Gasteiger partial charge in [-0.15, -0.1) is 0 Å². The summed E-state index contributed by atoms with van der Waals surface area (Å²) in [6.07, 6.45) is 0. The van der Waals surface area contributed by atoms with E-state index in [1.165, 1.54) is 0 Å². The van der Waals surface area contributed by atoms with Gasteiger partial charge in [0, 0.05) is 12.6 Å². The molecule has 1 aromatic heterocycles. The third kappa shape index (κ3) is 2.06. The van der Waals surface area contributed by atoms with Gasteiger partial charge in [-0.2, -0.15) is 4.98 Å². The summed E-state index contributed by atoms with van der Waals surface area (Å²) in [5, 5.41) is 2.91. The van der Waals surface area contributed by atoms with E-state index in [2.05, 4.69) is 16.4 Å². The predicted molar refractivity (Wildman–Crippen MR) is 72.2 cm³/mol. The summed E-state index contributed by atoms with van der Waals surface area (Å²) in [7, 11) is 3.47. The highest BCUT2D eigenvalue weighted by Gasteiger charge is 2.15. The fraction of sp³-hybridized carbons (Fsp3) is 0.357. The van der Waals surface area contributed by atoms with E-state index in [1.54, 1.807) is 14.2 Å². The van der Waals surface area contributed by atoms with Crippen molar-refractivity contribution in [3.63, 3.8) is 0 Å². The molecular formula is C14H18N2O2. The minimum absolute atomic E-state index is 0.537. The Hall–Kier alpha value is -1.97. The number of anilines is 1. The third-order valence-corrected chi connectivity index (χ3v) is 3.00. The van der Waals surface area contributed by atoms with Gasteiger partial charge in [-0.25, -0.2) is 0 Å². The van der Waals surface area contributed by atoms with Crippen molar-refractivity contribution in [2.45, 2.75) is 20.8 Å². The Morgan fingerprint density at radius 2 is 1.89 bits per heavy atom. The lowest BCUT2D eigenvalue weighted by Gasteiger charge is -2.09. The average Bonchev–Trinajstić information content (AvgIpc) is 2.73. The molecule has 0 atom stereocenters. The first-order valence-electron chi connectivity index (χ1n) is 5.87. The molecule has 1 heterocycles. The standard InChI is InChI=1S/C14H18N2O2/c1-8-7-12(17-5)9(2)6-11(8)13-10(3)16-14(15-4)18-13/h6-7H,1-5H3,(H,15,16). The van der Waals surface area contributed by atoms with Gasteiger partial charge in [-0.05, 0) is 44.0 Å². The van der Waals surface area contributed by atoms with E-state index in [9.17, 15) is 0 Å². The van der Waals surface area contributed by atoms with Crippen LogP contribution >= 0.6 is 0 Å². The first kappa shape index (κ1) is 12.5. The van der Waals surface area contributed by atoms with Crippen LogP contribution in [0, 0.1) is 20.8 Å². The molecule has 0 aliphatic carbocycles. The fourth-order valence-electron chi connectivity index (χ4n) is 2.01. The summed E-state index contributed by atoms with van der Waals surface area (Å²) < 4.78 is 11.0. The number of hydrogen-bond donors (Lipinski definition) is 1. The van der Waals surface area contributed by atoms with Crippen LogP contribution in [0.2, 0.25) is 0 Å². The van der Waals surface area contributed by atoms with Gasteiger partial charge in [-0.1, -0.05) is 0 Å². The summed E-state index contributed by atoms with van der Waals surface area (Å²) in [6.45, 7) is 6.00. The number of aryl methyl sites for hydroxylation is 3. The second-order valence-corrected chi connectivity index (χ2v) is 4.32. The highest BCUT2D eigenvalue weighted by atomic mass is 16.5. The Morgan fingerprint density at radius 1 is 1.17 bits per heavy atom. The van der Waals surface area contributed by atoms with E-state index in [4.69, 9.17) is 9.15 Å². The zero-order chi connectivity index (χ0) is 13.3. The average molecular weight is 246 g/mol. The molecule has 0 fully saturated rings. The molecule has 0 radical (unpaired) electrons. The molecule has 1 aromatic carbocycles. The van der Waals surface area contributed by atoms with Crippen LogP contribution in [0.5, 0.6) is 5.75 Å². The van der Waals surface area contributed by atoms with Gasteiger partial charge >= 0.3 is 0 Å². The van der Waals surface area contributed by atoms with E-state index in [-0.39, 0.29) is 0 Å². The van der Waals surface area contributed by atoms with Crippen LogP contribution in [0.25, 0.3) is 11.3 Å². The number of aromatic nitrogens is 1. The van der Waals surface area contributed by atoms with E-state index >= 15 is 0 Å². The predicted octanol–water partition coefficient (Wildman–Crippen LogP) is 3.32. The van der Waals surface area contributed by atoms with Gasteiger partial charge in [0.05, 0.1) is 12.8 Å². The van der Waals surface area contributed by atoms with Gasteiger partial charge in [0.25, 0.3) is 6.01 Å². The molecule has 18 heavy (non-hydrogen) atoms. The maximum absolute atomic E-state index is 5.70. The number of rotatable bonds is 3. The van der Waals surface area contributed by atoms with Crippen LogP contribution in [0.3, 0.4) is 0 Å². The number of ether oxygens (including phenoxy) is 1. The van der Waals surface area contributed by atoms with Crippen LogP contribution < -0.4 is 10.1 Å². The van der Waals surface area contributed by atoms with Crippen molar-refractivity contribution in [3.05, 3.63) is 29.0 Å². The normalized spacial score (nSPS) is 10.5. The Balaban J connectivity index is 2.56. The summed E-state index contributed by atoms with van der Waals surface area (Å²) in [4.78, 5) is 4.31. The molecule has 0 bridgehead atoms. The maximum atomic E-state index is 5.70. The Kier molecular flexibility index (Phi) is 3.28. The van der Waals surface area contributed by atoms with Gasteiger partial charge in [0.2, 0.25) is 0 Å². The molecule has 0 saturated heterocycles. The van der Waals surface area contributed by atoms with E-state index in [0.29, 0.717) is 6.01 Å². The first-order chi connectivity index (χ1) is 8.56. The molecule has 0 aliphatic heterocycles. The molecule has 0 amide bonds. The SMILES string of the molecule is CNc1nc(C)c(-c2cc(C)c(OC)cc2C)o1. The van der Waals surface area contributed by atoms with Crippen molar-refractivity contribution in [2.75, 3.05) is 19.5 Å². The number of methoxy groups -OCH3 is 1. The smallest absolute Gasteiger partial charge is 0.295 e. The number of benzene rings is 1. The van der Waals surface area contributed by atoms with Gasteiger partial charge in [0.15, 0.2) is 5.76 Å². The molecule has 4 nitrogen and oxygen atoms in total. The number of nitrogens with zero attached hydrogens (tertiary/aromatic N) is 1. The van der Waals surface area contributed by atoms with Crippen LogP contribution in [0.4, 0.5) is 6.01 Å². The summed E-state index contributed by atoms with van der Waals surface area (Å²) in [5.74, 6) is 1.70. The second-order valence-electron chi connectivity index (χ2n) is 4.32. The second kappa shape index (κ2) is 4.72. The van der Waals surface area contributed by atoms with E-state index in [1.807, 2.05) is 26.8 Å². The molecule has 96 valence electrons. The monoisotopic (exact) mass is 246 g/mol. The molecule has 0 aliphatic rings. The van der Waals surface area contributed by atoms with E-state index in [0.717, 1.165) is 33.9 Å². The highest BCUT2D eigenvalue weighted by molar-refractivity contribution is 5.67. The molecule has 2 aromatic rings. The van der Waals surface area contributed by atoms with Gasteiger partial charge in [0.1, 0.15) is 5.75 Å². The molecule has 0 spiro atoms. The number of oxazole rings is 1. The van der Waals surface area contributed by atoms with Crippen molar-refractivity contribution >= 4 is 6.01 Å². The Morgan fingerprint density at radius 3 is 2.44 bits per heavy atom. The van der Waals surface area contributed by atoms with Gasteiger partial charge in [-0.3, -0.25) is 0 Å². The van der Waals surface area contributed by atoms with Gasteiger partial charge < -0.3 is 14.5 Å². The summed E-state index contributed by atoms with van der Waals surface area (Å²) >= 11 is 0. The van der Waals surface area contributed by atoms with Crippen molar-refractivity contribution < 1.29 is 9.15 Å². The largest absolute Gasteiger partial charge is 0.496 e. The maximum Gasteiger partial charge on any atom is 0.295 e. The fourth-order valence-corrected chi connectivity index (χ4v) is 2.01. The molecule has 1 N–H and O–H groups in total. The lowest BCUT2D eigenvalue weighted by atomic mass is 10.0. The molecule has 4 heteroatoms. The van der Waals surface area contributed by atoms with Crippen LogP contribution in [-0.2, 0) is 0 Å². The Bertz CT molecular complexity index is 573. The van der Waals surface area contributed by atoms with Crippen molar-refractivity contribution in [2.24, 2.45) is 0 Å². The third-order valence-electron chi connectivity index (χ3n) is 3.00. The molecule has 0 unspecified atom stereocenters. The first-order valence-corrected chi connectivity index (χ1v) is 5.87. The summed E-state index contributed by atoms with van der Waals surface area (Å²) in [5.41, 5.74) is 4.13. The van der Waals surface area contributed by atoms with Crippen LogP contribution in [-0.4, -0.2) is 19.1 Å². The van der Waals surface area contributed by atoms with Crippen molar-refractivity contribution in [1.29, 1.82) is 0 Å². The zero-order valence-electron chi connectivity index (χ0n) is 11.4. The van der Waals surface area contributed by atoms with Crippen LogP contribution in [0.15, 0.2) is 16.5 Å². The molecule has 2 rings (SSSR count). The van der Waals surface area contributed by atoms with Crippen LogP contribution in [0.1, 0.15) is 16.8 Å². The minimum atomic E-state index is 0.537. The minimum Gasteiger partial charge on any atom is -0.496 e. The quantitative estimate of drug-likeness (QED) is 0.902. The molecular weight excluding hydrogens is 228 g/mol. The van der Waals surface area contributed by atoms with Crippen molar-refractivity contribution in [3.8, 4) is 17.1 Å². The lowest BCUT2D eigenvalue weighted by Crippen LogP contribution is -1.91. The van der Waals surface area contributed by atoms with Crippen molar-refractivity contribution in [1.82, 2.24) is 4.98 Å². The number of nitrogens with one attached hydrogen (secondary N) is 1. The zero-order valence-corrected chi connectivity index (χ0v) is 11.4. The summed E-state index contributed by atoms with van der Waals surface area (Å²) in [6, 6.07) is 4.63. The van der Waals surface area contributed by atoms with E-state index < -0.39 is 0 Å².